The van der Waals surface area contributed by atoms with E-state index in [1.165, 1.54) is 4.90 Å². The number of likely N-dealkylation sites (tertiary alicyclic amines) is 1. The molecule has 3 N–H and O–H groups in total. The van der Waals surface area contributed by atoms with Gasteiger partial charge in [0.15, 0.2) is 0 Å². The minimum Gasteiger partial charge on any atom is -0.399 e. The topological polar surface area (TPSA) is 123 Å². The molecule has 0 radical (unpaired) electrons. The number of fused-ring (bicyclic) bond motifs is 1. The number of piperazine rings is 1. The Balaban J connectivity index is 0.00000128. The predicted octanol–water partition coefficient (Wildman–Crippen LogP) is 2.22. The van der Waals surface area contributed by atoms with Gasteiger partial charge < -0.3 is 25.5 Å². The number of benzene rings is 2. The molecule has 0 saturated carbocycles. The highest BCUT2D eigenvalue weighted by Crippen LogP contribution is 2.36. The maximum atomic E-state index is 13.3. The van der Waals surface area contributed by atoms with Crippen LogP contribution in [-0.2, 0) is 9.59 Å². The maximum Gasteiger partial charge on any atom is 0.264 e. The molecule has 12 heteroatoms. The summed E-state index contributed by atoms with van der Waals surface area (Å²) in [7, 11) is 3.75. The third-order valence-corrected chi connectivity index (χ3v) is 10.2. The van der Waals surface area contributed by atoms with Crippen LogP contribution in [0.2, 0.25) is 0 Å². The summed E-state index contributed by atoms with van der Waals surface area (Å²) >= 11 is 1.82. The van der Waals surface area contributed by atoms with Gasteiger partial charge >= 0.3 is 0 Å². The number of nitrogens with zero attached hydrogens (tertiary/aromatic N) is 5. The van der Waals surface area contributed by atoms with Crippen LogP contribution in [0.1, 0.15) is 46.4 Å². The second-order valence-corrected chi connectivity index (χ2v) is 13.2. The summed E-state index contributed by atoms with van der Waals surface area (Å²) in [4.78, 5) is 58.6. The first-order valence-corrected chi connectivity index (χ1v) is 16.7. The van der Waals surface area contributed by atoms with Gasteiger partial charge in [-0.3, -0.25) is 24.3 Å². The number of amides is 2. The summed E-state index contributed by atoms with van der Waals surface area (Å²) < 4.78 is 2.45. The zero-order valence-electron chi connectivity index (χ0n) is 26.3. The first-order valence-electron chi connectivity index (χ1n) is 15.9. The van der Waals surface area contributed by atoms with Crippen molar-refractivity contribution >= 4 is 47.7 Å². The van der Waals surface area contributed by atoms with Gasteiger partial charge in [-0.2, -0.15) is 0 Å². The molecule has 2 aromatic carbocycles. The normalized spacial score (nSPS) is 20.8. The molecule has 3 fully saturated rings. The van der Waals surface area contributed by atoms with Crippen LogP contribution in [0.15, 0.2) is 47.4 Å². The predicted molar refractivity (Wildman–Crippen MR) is 178 cm³/mol. The number of nitrogens with one attached hydrogen (secondary N) is 1. The van der Waals surface area contributed by atoms with E-state index >= 15 is 0 Å². The Labute approximate surface area is 270 Å². The number of nitrogen functional groups attached to an aromatic ring is 1. The highest BCUT2D eigenvalue weighted by molar-refractivity contribution is 7.97. The van der Waals surface area contributed by atoms with Gasteiger partial charge in [0.2, 0.25) is 0 Å². The molecule has 0 spiro atoms. The number of aldehydes is 2. The molecule has 45 heavy (non-hydrogen) atoms. The monoisotopic (exact) mass is 635 g/mol. The summed E-state index contributed by atoms with van der Waals surface area (Å²) in [6, 6.07) is 13.6. The summed E-state index contributed by atoms with van der Waals surface area (Å²) in [5.41, 5.74) is 8.09. The minimum absolute atomic E-state index is 0.119. The van der Waals surface area contributed by atoms with Gasteiger partial charge in [-0.05, 0) is 81.7 Å². The van der Waals surface area contributed by atoms with E-state index in [1.54, 1.807) is 12.1 Å². The smallest absolute Gasteiger partial charge is 0.264 e. The second-order valence-electron chi connectivity index (χ2n) is 12.1. The van der Waals surface area contributed by atoms with Gasteiger partial charge in [0.25, 0.3) is 11.8 Å². The lowest BCUT2D eigenvalue weighted by Gasteiger charge is -2.50. The van der Waals surface area contributed by atoms with Crippen molar-refractivity contribution in [1.29, 1.82) is 0 Å². The Kier molecular flexibility index (Phi) is 11.3. The molecule has 4 heterocycles. The fraction of sp³-hybridized carbons (Fsp3) is 0.515. The fourth-order valence-corrected chi connectivity index (χ4v) is 7.59. The largest absolute Gasteiger partial charge is 0.399 e. The van der Waals surface area contributed by atoms with Crippen LogP contribution in [0.4, 0.5) is 11.4 Å². The summed E-state index contributed by atoms with van der Waals surface area (Å²) in [5.74, 6) is -0.895. The van der Waals surface area contributed by atoms with Gasteiger partial charge in [-0.25, -0.2) is 4.31 Å². The average Bonchev–Trinajstić information content (AvgIpc) is 3.29. The van der Waals surface area contributed by atoms with Crippen LogP contribution in [0.3, 0.4) is 0 Å². The Bertz CT molecular complexity index is 1340. The van der Waals surface area contributed by atoms with Crippen molar-refractivity contribution in [3.05, 3.63) is 53.6 Å². The number of carbonyl (C=O) groups is 4. The quantitative estimate of drug-likeness (QED) is 0.173. The number of imide groups is 1. The van der Waals surface area contributed by atoms with E-state index in [4.69, 9.17) is 5.73 Å². The van der Waals surface area contributed by atoms with Gasteiger partial charge in [0, 0.05) is 81.4 Å². The van der Waals surface area contributed by atoms with E-state index in [0.717, 1.165) is 81.5 Å². The zero-order chi connectivity index (χ0) is 31.9. The third kappa shape index (κ3) is 7.41. The average molecular weight is 636 g/mol. The van der Waals surface area contributed by atoms with E-state index < -0.39 is 17.9 Å². The van der Waals surface area contributed by atoms with Gasteiger partial charge in [-0.15, -0.1) is 0 Å². The molecule has 4 aliphatic rings. The molecule has 4 aliphatic heterocycles. The van der Waals surface area contributed by atoms with Crippen molar-refractivity contribution in [2.45, 2.75) is 48.7 Å². The van der Waals surface area contributed by atoms with Crippen LogP contribution in [0, 0.1) is 0 Å². The van der Waals surface area contributed by atoms with Crippen LogP contribution in [-0.4, -0.2) is 128 Å². The molecule has 1 unspecified atom stereocenters. The lowest BCUT2D eigenvalue weighted by molar-refractivity contribution is -0.112. The van der Waals surface area contributed by atoms with Crippen molar-refractivity contribution in [3.63, 3.8) is 0 Å². The maximum absolute atomic E-state index is 13.3. The molecule has 1 atom stereocenters. The summed E-state index contributed by atoms with van der Waals surface area (Å²) in [6.45, 7) is 8.05. The number of anilines is 2. The standard InChI is InChI=1S/C31H38N6O4S.C2H7N/c32-22-6-8-26(9-7-22)42-36-16-14-34(15-17-36)23-10-12-33(13-11-23)25-19-35(20-25)28-5-1-4-27-29(28)31(41)37(30(27)40)24(21-39)3-2-18-38;1-3-2/h1,4-9,18,21,23-25H,2-3,10-17,19-20,32H2;3H,1-2H3. The third-order valence-electron chi connectivity index (χ3n) is 9.12. The van der Waals surface area contributed by atoms with Crippen LogP contribution in [0.25, 0.3) is 0 Å². The van der Waals surface area contributed by atoms with Gasteiger partial charge in [0.05, 0.1) is 22.9 Å². The number of hydrogen-bond donors (Lipinski definition) is 2. The molecular formula is C33H45N7O4S. The number of rotatable bonds is 10. The van der Waals surface area contributed by atoms with Gasteiger partial charge in [-0.1, -0.05) is 6.07 Å². The van der Waals surface area contributed by atoms with Gasteiger partial charge in [0.1, 0.15) is 12.6 Å². The van der Waals surface area contributed by atoms with Crippen LogP contribution >= 0.6 is 11.9 Å². The van der Waals surface area contributed by atoms with E-state index in [-0.39, 0.29) is 12.8 Å². The van der Waals surface area contributed by atoms with E-state index in [2.05, 4.69) is 36.5 Å². The molecule has 6 rings (SSSR count). The van der Waals surface area contributed by atoms with E-state index in [9.17, 15) is 19.2 Å². The van der Waals surface area contributed by atoms with Crippen LogP contribution < -0.4 is 16.0 Å². The van der Waals surface area contributed by atoms with E-state index in [1.807, 2.05) is 44.2 Å². The lowest BCUT2D eigenvalue weighted by Crippen LogP contribution is -2.62. The minimum atomic E-state index is -0.925. The number of carbonyl (C=O) groups excluding carboxylic acids is 4. The molecule has 3 saturated heterocycles. The number of hydrogen-bond acceptors (Lipinski definition) is 11. The fourth-order valence-electron chi connectivity index (χ4n) is 6.68. The van der Waals surface area contributed by atoms with Crippen molar-refractivity contribution in [3.8, 4) is 0 Å². The van der Waals surface area contributed by atoms with Crippen molar-refractivity contribution < 1.29 is 19.2 Å². The summed E-state index contributed by atoms with van der Waals surface area (Å²) in [6.07, 6.45) is 3.89. The number of piperidine rings is 1. The Hall–Kier alpha value is -3.29. The summed E-state index contributed by atoms with van der Waals surface area (Å²) in [5, 5.41) is 2.75. The molecule has 0 aliphatic carbocycles. The van der Waals surface area contributed by atoms with Crippen molar-refractivity contribution in [2.75, 3.05) is 77.1 Å². The Morgan fingerprint density at radius 2 is 1.53 bits per heavy atom. The first-order chi connectivity index (χ1) is 21.9. The molecular weight excluding hydrogens is 590 g/mol. The van der Waals surface area contributed by atoms with Crippen molar-refractivity contribution in [2.24, 2.45) is 0 Å². The lowest BCUT2D eigenvalue weighted by atomic mass is 9.96. The van der Waals surface area contributed by atoms with Crippen molar-refractivity contribution in [1.82, 2.24) is 24.3 Å². The molecule has 11 nitrogen and oxygen atoms in total. The molecule has 0 aromatic heterocycles. The van der Waals surface area contributed by atoms with Crippen LogP contribution in [0.5, 0.6) is 0 Å². The molecule has 242 valence electrons. The first kappa shape index (κ1) is 33.1. The molecule has 2 aromatic rings. The highest BCUT2D eigenvalue weighted by atomic mass is 32.2. The van der Waals surface area contributed by atoms with E-state index in [0.29, 0.717) is 35.8 Å². The SMILES string of the molecule is CNC.Nc1ccc(SN2CCN(C3CCN(C4CN(c5cccc6c5C(=O)N(C(C=O)CCC=O)C6=O)C4)CC3)CC2)cc1. The zero-order valence-corrected chi connectivity index (χ0v) is 27.1. The molecule has 0 bridgehead atoms. The Morgan fingerprint density at radius 3 is 2.16 bits per heavy atom. The Morgan fingerprint density at radius 1 is 0.889 bits per heavy atom. The second kappa shape index (κ2) is 15.3. The highest BCUT2D eigenvalue weighted by Gasteiger charge is 2.44. The number of nitrogens with two attached hydrogens (primary N) is 1. The molecule has 2 amide bonds.